The highest BCUT2D eigenvalue weighted by Gasteiger charge is 2.34. The van der Waals surface area contributed by atoms with Gasteiger partial charge in [-0.15, -0.1) is 0 Å². The summed E-state index contributed by atoms with van der Waals surface area (Å²) < 4.78 is 38.3. The lowest BCUT2D eigenvalue weighted by atomic mass is 10.2. The lowest BCUT2D eigenvalue weighted by Gasteiger charge is -2.26. The summed E-state index contributed by atoms with van der Waals surface area (Å²) in [6.07, 6.45) is 0.647. The normalized spacial score (nSPS) is 12.0. The van der Waals surface area contributed by atoms with Crippen molar-refractivity contribution in [2.24, 2.45) is 0 Å². The minimum Gasteiger partial charge on any atom is -0.497 e. The summed E-state index contributed by atoms with van der Waals surface area (Å²) in [5.41, 5.74) is -0.553. The van der Waals surface area contributed by atoms with Crippen molar-refractivity contribution >= 4 is 27.3 Å². The molecule has 2 aromatic rings. The Morgan fingerprint density at radius 2 is 1.87 bits per heavy atom. The number of hydrogen-bond acceptors (Lipinski definition) is 7. The van der Waals surface area contributed by atoms with Gasteiger partial charge in [-0.1, -0.05) is 19.1 Å². The van der Waals surface area contributed by atoms with Gasteiger partial charge in [0.05, 0.1) is 24.8 Å². The number of carbonyl (C=O) groups excluding carboxylic acids is 1. The van der Waals surface area contributed by atoms with E-state index in [0.29, 0.717) is 12.2 Å². The number of methoxy groups -OCH3 is 2. The molecule has 0 aliphatic heterocycles. The van der Waals surface area contributed by atoms with Gasteiger partial charge in [0, 0.05) is 18.2 Å². The number of amides is 1. The van der Waals surface area contributed by atoms with Gasteiger partial charge in [-0.2, -0.15) is 0 Å². The highest BCUT2D eigenvalue weighted by Crippen LogP contribution is 2.37. The summed E-state index contributed by atoms with van der Waals surface area (Å²) in [5.74, 6) is -0.0278. The minimum atomic E-state index is -4.51. The number of rotatable bonds is 10. The maximum atomic E-state index is 13.5. The fraction of sp³-hybridized carbons (Fsp3) is 0.350. The molecule has 0 aliphatic rings. The van der Waals surface area contributed by atoms with E-state index >= 15 is 0 Å². The fourth-order valence-electron chi connectivity index (χ4n) is 2.79. The first kappa shape index (κ1) is 23.9. The van der Waals surface area contributed by atoms with Crippen LogP contribution in [0.1, 0.15) is 20.3 Å². The second-order valence-electron chi connectivity index (χ2n) is 6.65. The van der Waals surface area contributed by atoms with Crippen LogP contribution < -0.4 is 19.1 Å². The van der Waals surface area contributed by atoms with E-state index in [-0.39, 0.29) is 17.5 Å². The van der Waals surface area contributed by atoms with E-state index in [9.17, 15) is 23.3 Å². The summed E-state index contributed by atoms with van der Waals surface area (Å²) in [5, 5.41) is 14.1. The van der Waals surface area contributed by atoms with Gasteiger partial charge in [-0.05, 0) is 31.5 Å². The smallest absolute Gasteiger partial charge is 0.289 e. The number of nitro benzene ring substituents is 1. The third kappa shape index (κ3) is 5.43. The fourth-order valence-corrected chi connectivity index (χ4v) is 4.38. The average Bonchev–Trinajstić information content (AvgIpc) is 2.76. The molecular formula is C20H25N3O7S. The van der Waals surface area contributed by atoms with Crippen molar-refractivity contribution in [3.05, 3.63) is 52.6 Å². The predicted octanol–water partition coefficient (Wildman–Crippen LogP) is 2.72. The number of ether oxygens (including phenoxy) is 2. The van der Waals surface area contributed by atoms with Crippen LogP contribution in [-0.2, 0) is 14.8 Å². The number of nitrogens with zero attached hydrogens (tertiary/aromatic N) is 2. The van der Waals surface area contributed by atoms with Gasteiger partial charge in [-0.25, -0.2) is 8.42 Å². The molecule has 0 bridgehead atoms. The molecule has 1 unspecified atom stereocenters. The maximum absolute atomic E-state index is 13.5. The molecule has 0 aliphatic carbocycles. The van der Waals surface area contributed by atoms with Crippen LogP contribution in [0.3, 0.4) is 0 Å². The zero-order valence-electron chi connectivity index (χ0n) is 17.7. The summed E-state index contributed by atoms with van der Waals surface area (Å²) in [7, 11) is -1.73. The molecule has 168 valence electrons. The third-order valence-electron chi connectivity index (χ3n) is 4.59. The largest absolute Gasteiger partial charge is 0.497 e. The number of hydrogen-bond donors (Lipinski definition) is 1. The zero-order valence-corrected chi connectivity index (χ0v) is 18.5. The summed E-state index contributed by atoms with van der Waals surface area (Å²) in [6, 6.07) is 9.17. The van der Waals surface area contributed by atoms with Crippen molar-refractivity contribution in [1.82, 2.24) is 5.32 Å². The Kier molecular flexibility index (Phi) is 7.81. The average molecular weight is 452 g/mol. The standard InChI is InChI=1S/C20H25N3O7S/c1-5-14(2)21-20(24)13-22(16-11-10-15(29-3)12-18(16)30-4)31(27,28)19-9-7-6-8-17(19)23(25)26/h6-12,14H,5,13H2,1-4H3,(H,21,24). The molecule has 0 saturated carbocycles. The van der Waals surface area contributed by atoms with Crippen LogP contribution in [0.25, 0.3) is 0 Å². The van der Waals surface area contributed by atoms with Crippen molar-refractivity contribution < 1.29 is 27.6 Å². The first-order valence-corrected chi connectivity index (χ1v) is 10.9. The van der Waals surface area contributed by atoms with E-state index < -0.39 is 38.0 Å². The number of para-hydroxylation sites is 1. The van der Waals surface area contributed by atoms with Crippen molar-refractivity contribution in [3.63, 3.8) is 0 Å². The SMILES string of the molecule is CCC(C)NC(=O)CN(c1ccc(OC)cc1OC)S(=O)(=O)c1ccccc1[N+](=O)[O-]. The van der Waals surface area contributed by atoms with Gasteiger partial charge >= 0.3 is 0 Å². The summed E-state index contributed by atoms with van der Waals surface area (Å²) in [4.78, 5) is 22.7. The van der Waals surface area contributed by atoms with E-state index in [2.05, 4.69) is 5.32 Å². The molecule has 0 heterocycles. The summed E-state index contributed by atoms with van der Waals surface area (Å²) >= 11 is 0. The van der Waals surface area contributed by atoms with Gasteiger partial charge in [0.2, 0.25) is 5.91 Å². The van der Waals surface area contributed by atoms with Crippen molar-refractivity contribution in [2.75, 3.05) is 25.1 Å². The van der Waals surface area contributed by atoms with E-state index in [1.165, 1.54) is 44.6 Å². The highest BCUT2D eigenvalue weighted by molar-refractivity contribution is 7.93. The number of nitrogens with one attached hydrogen (secondary N) is 1. The molecule has 2 aromatic carbocycles. The number of benzene rings is 2. The Morgan fingerprint density at radius 3 is 2.45 bits per heavy atom. The molecule has 31 heavy (non-hydrogen) atoms. The zero-order chi connectivity index (χ0) is 23.2. The van der Waals surface area contributed by atoms with Crippen LogP contribution in [0.4, 0.5) is 11.4 Å². The molecule has 1 amide bonds. The van der Waals surface area contributed by atoms with Gasteiger partial charge in [0.15, 0.2) is 4.90 Å². The molecule has 0 aromatic heterocycles. The molecule has 0 radical (unpaired) electrons. The minimum absolute atomic E-state index is 0.0424. The molecular weight excluding hydrogens is 426 g/mol. The summed E-state index contributed by atoms with van der Waals surface area (Å²) in [6.45, 7) is 3.06. The van der Waals surface area contributed by atoms with Crippen LogP contribution in [0.15, 0.2) is 47.4 Å². The quantitative estimate of drug-likeness (QED) is 0.434. The molecule has 2 rings (SSSR count). The van der Waals surface area contributed by atoms with Crippen molar-refractivity contribution in [3.8, 4) is 11.5 Å². The molecule has 10 nitrogen and oxygen atoms in total. The van der Waals surface area contributed by atoms with E-state index in [4.69, 9.17) is 9.47 Å². The lowest BCUT2D eigenvalue weighted by molar-refractivity contribution is -0.387. The second kappa shape index (κ2) is 10.1. The predicted molar refractivity (Wildman–Crippen MR) is 115 cm³/mol. The molecule has 0 spiro atoms. The van der Waals surface area contributed by atoms with E-state index in [1.54, 1.807) is 6.92 Å². The second-order valence-corrected chi connectivity index (χ2v) is 8.48. The lowest BCUT2D eigenvalue weighted by Crippen LogP contribution is -2.43. The van der Waals surface area contributed by atoms with E-state index in [1.807, 2.05) is 6.92 Å². The molecule has 0 fully saturated rings. The Hall–Kier alpha value is -3.34. The van der Waals surface area contributed by atoms with Gasteiger partial charge in [-0.3, -0.25) is 19.2 Å². The Balaban J connectivity index is 2.65. The molecule has 1 N–H and O–H groups in total. The number of sulfonamides is 1. The molecule has 1 atom stereocenters. The number of anilines is 1. The first-order valence-electron chi connectivity index (χ1n) is 9.43. The van der Waals surface area contributed by atoms with Crippen LogP contribution in [-0.4, -0.2) is 46.1 Å². The highest BCUT2D eigenvalue weighted by atomic mass is 32.2. The van der Waals surface area contributed by atoms with Crippen molar-refractivity contribution in [2.45, 2.75) is 31.2 Å². The molecule has 11 heteroatoms. The number of nitro groups is 1. The Labute approximate surface area is 181 Å². The van der Waals surface area contributed by atoms with Gasteiger partial charge < -0.3 is 14.8 Å². The maximum Gasteiger partial charge on any atom is 0.289 e. The van der Waals surface area contributed by atoms with Crippen LogP contribution in [0.5, 0.6) is 11.5 Å². The van der Waals surface area contributed by atoms with Crippen LogP contribution >= 0.6 is 0 Å². The molecule has 0 saturated heterocycles. The van der Waals surface area contributed by atoms with Crippen LogP contribution in [0.2, 0.25) is 0 Å². The van der Waals surface area contributed by atoms with Crippen LogP contribution in [0, 0.1) is 10.1 Å². The van der Waals surface area contributed by atoms with E-state index in [0.717, 1.165) is 16.4 Å². The monoisotopic (exact) mass is 451 g/mol. The number of carbonyl (C=O) groups is 1. The van der Waals surface area contributed by atoms with Gasteiger partial charge in [0.1, 0.15) is 18.0 Å². The topological polar surface area (TPSA) is 128 Å². The Bertz CT molecular complexity index is 1060. The van der Waals surface area contributed by atoms with Crippen molar-refractivity contribution in [1.29, 1.82) is 0 Å². The first-order chi connectivity index (χ1) is 14.6. The van der Waals surface area contributed by atoms with Gasteiger partial charge in [0.25, 0.3) is 15.7 Å². The Morgan fingerprint density at radius 1 is 1.19 bits per heavy atom. The third-order valence-corrected chi connectivity index (χ3v) is 6.40.